The van der Waals surface area contributed by atoms with E-state index in [1.807, 2.05) is 38.1 Å². The fraction of sp³-hybridized carbons (Fsp3) is 0.368. The number of amides is 1. The van der Waals surface area contributed by atoms with Crippen molar-refractivity contribution in [2.24, 2.45) is 17.8 Å². The van der Waals surface area contributed by atoms with Crippen LogP contribution in [-0.2, 0) is 4.79 Å². The van der Waals surface area contributed by atoms with Gasteiger partial charge in [-0.05, 0) is 62.8 Å². The minimum absolute atomic E-state index is 0.127. The lowest BCUT2D eigenvalue weighted by Gasteiger charge is -2.17. The van der Waals surface area contributed by atoms with Gasteiger partial charge in [-0.15, -0.1) is 0 Å². The molecule has 3 atom stereocenters. The summed E-state index contributed by atoms with van der Waals surface area (Å²) in [7, 11) is 0. The summed E-state index contributed by atoms with van der Waals surface area (Å²) in [6.07, 6.45) is 6.58. The van der Waals surface area contributed by atoms with Crippen LogP contribution in [0.1, 0.15) is 24.3 Å². The molecule has 1 aromatic heterocycles. The van der Waals surface area contributed by atoms with E-state index >= 15 is 0 Å². The molecule has 1 aromatic carbocycles. The summed E-state index contributed by atoms with van der Waals surface area (Å²) in [5.74, 6) is 2.75. The minimum Gasteiger partial charge on any atom is -0.441 e. The van der Waals surface area contributed by atoms with Crippen LogP contribution in [-0.4, -0.2) is 10.9 Å². The van der Waals surface area contributed by atoms with Gasteiger partial charge in [-0.3, -0.25) is 4.79 Å². The van der Waals surface area contributed by atoms with Crippen molar-refractivity contribution in [3.63, 3.8) is 0 Å². The maximum Gasteiger partial charge on any atom is 0.228 e. The number of anilines is 1. The highest BCUT2D eigenvalue weighted by atomic mass is 16.4. The quantitative estimate of drug-likeness (QED) is 0.868. The number of carbonyl (C=O) groups excluding carboxylic acids is 1. The topological polar surface area (TPSA) is 55.1 Å². The number of aromatic nitrogens is 1. The number of nitrogens with one attached hydrogen (secondary N) is 1. The fourth-order valence-electron chi connectivity index (χ4n) is 3.61. The summed E-state index contributed by atoms with van der Waals surface area (Å²) >= 11 is 0. The highest BCUT2D eigenvalue weighted by molar-refractivity contribution is 5.93. The number of hydrogen-bond donors (Lipinski definition) is 1. The summed E-state index contributed by atoms with van der Waals surface area (Å²) in [5.41, 5.74) is 2.65. The molecule has 3 unspecified atom stereocenters. The van der Waals surface area contributed by atoms with Gasteiger partial charge in [0.2, 0.25) is 11.8 Å². The van der Waals surface area contributed by atoms with Crippen LogP contribution < -0.4 is 5.32 Å². The molecular weight excluding hydrogens is 288 g/mol. The lowest BCUT2D eigenvalue weighted by molar-refractivity contribution is -0.120. The Morgan fingerprint density at radius 3 is 2.52 bits per heavy atom. The molecule has 0 saturated heterocycles. The van der Waals surface area contributed by atoms with Crippen molar-refractivity contribution >= 4 is 11.6 Å². The van der Waals surface area contributed by atoms with Crippen LogP contribution in [0.4, 0.5) is 5.69 Å². The predicted molar refractivity (Wildman–Crippen MR) is 88.9 cm³/mol. The number of nitrogens with zero attached hydrogens (tertiary/aromatic N) is 1. The Kier molecular flexibility index (Phi) is 3.33. The standard InChI is InChI=1S/C19H20N2O2/c1-11-12(2)23-19(20-11)14-5-7-16(8-6-14)21-18(22)17-10-13-3-4-15(17)9-13/h3-8,13,15,17H,9-10H2,1-2H3,(H,21,22). The Bertz CT molecular complexity index is 754. The van der Waals surface area contributed by atoms with Crippen molar-refractivity contribution in [1.82, 2.24) is 4.98 Å². The number of allylic oxidation sites excluding steroid dienone is 2. The Balaban J connectivity index is 1.46. The second-order valence-electron chi connectivity index (χ2n) is 6.61. The average Bonchev–Trinajstić information content (AvgIpc) is 3.25. The van der Waals surface area contributed by atoms with Crippen LogP contribution in [0.5, 0.6) is 0 Å². The maximum absolute atomic E-state index is 12.4. The lowest BCUT2D eigenvalue weighted by Crippen LogP contribution is -2.25. The molecule has 23 heavy (non-hydrogen) atoms. The molecule has 1 amide bonds. The third-order valence-electron chi connectivity index (χ3n) is 5.04. The summed E-state index contributed by atoms with van der Waals surface area (Å²) < 4.78 is 5.63. The van der Waals surface area contributed by atoms with E-state index in [1.165, 1.54) is 0 Å². The zero-order valence-electron chi connectivity index (χ0n) is 13.4. The molecule has 4 rings (SSSR count). The molecule has 4 nitrogen and oxygen atoms in total. The molecule has 0 spiro atoms. The Hall–Kier alpha value is -2.36. The highest BCUT2D eigenvalue weighted by Crippen LogP contribution is 2.43. The second-order valence-corrected chi connectivity index (χ2v) is 6.61. The van der Waals surface area contributed by atoms with Crippen LogP contribution in [0.15, 0.2) is 40.8 Å². The predicted octanol–water partition coefficient (Wildman–Crippen LogP) is 4.11. The molecule has 0 aliphatic heterocycles. The molecule has 0 radical (unpaired) electrons. The van der Waals surface area contributed by atoms with E-state index in [0.717, 1.165) is 35.5 Å². The van der Waals surface area contributed by atoms with Crippen LogP contribution >= 0.6 is 0 Å². The number of benzene rings is 1. The van der Waals surface area contributed by atoms with Crippen LogP contribution in [0, 0.1) is 31.6 Å². The molecule has 118 valence electrons. The van der Waals surface area contributed by atoms with Crippen molar-refractivity contribution in [1.29, 1.82) is 0 Å². The monoisotopic (exact) mass is 308 g/mol. The maximum atomic E-state index is 12.4. The minimum atomic E-state index is 0.127. The SMILES string of the molecule is Cc1nc(-c2ccc(NC(=O)C3CC4C=CC3C4)cc2)oc1C. The van der Waals surface area contributed by atoms with Gasteiger partial charge in [0.05, 0.1) is 5.69 Å². The molecule has 1 heterocycles. The van der Waals surface area contributed by atoms with Gasteiger partial charge >= 0.3 is 0 Å². The largest absolute Gasteiger partial charge is 0.441 e. The summed E-state index contributed by atoms with van der Waals surface area (Å²) in [5, 5.41) is 3.04. The lowest BCUT2D eigenvalue weighted by atomic mass is 9.93. The zero-order chi connectivity index (χ0) is 16.0. The van der Waals surface area contributed by atoms with Crippen molar-refractivity contribution in [2.45, 2.75) is 26.7 Å². The van der Waals surface area contributed by atoms with Gasteiger partial charge in [0, 0.05) is 17.2 Å². The van der Waals surface area contributed by atoms with E-state index in [0.29, 0.717) is 17.7 Å². The van der Waals surface area contributed by atoms with Gasteiger partial charge in [0.1, 0.15) is 5.76 Å². The molecule has 1 saturated carbocycles. The first-order chi connectivity index (χ1) is 11.1. The third-order valence-corrected chi connectivity index (χ3v) is 5.04. The highest BCUT2D eigenvalue weighted by Gasteiger charge is 2.39. The molecule has 1 N–H and O–H groups in total. The Labute approximate surface area is 135 Å². The van der Waals surface area contributed by atoms with Crippen molar-refractivity contribution < 1.29 is 9.21 Å². The van der Waals surface area contributed by atoms with Crippen LogP contribution in [0.2, 0.25) is 0 Å². The Morgan fingerprint density at radius 1 is 1.17 bits per heavy atom. The molecule has 2 aliphatic rings. The number of aryl methyl sites for hydroxylation is 2. The molecule has 4 heteroatoms. The summed E-state index contributed by atoms with van der Waals surface area (Å²) in [6.45, 7) is 3.84. The fourth-order valence-corrected chi connectivity index (χ4v) is 3.61. The van der Waals surface area contributed by atoms with E-state index in [-0.39, 0.29) is 11.8 Å². The smallest absolute Gasteiger partial charge is 0.228 e. The molecule has 2 bridgehead atoms. The van der Waals surface area contributed by atoms with Gasteiger partial charge < -0.3 is 9.73 Å². The van der Waals surface area contributed by atoms with Crippen LogP contribution in [0.25, 0.3) is 11.5 Å². The first-order valence-electron chi connectivity index (χ1n) is 8.14. The second kappa shape index (κ2) is 5.37. The summed E-state index contributed by atoms with van der Waals surface area (Å²) in [6, 6.07) is 7.68. The summed E-state index contributed by atoms with van der Waals surface area (Å²) in [4.78, 5) is 16.8. The van der Waals surface area contributed by atoms with E-state index in [9.17, 15) is 4.79 Å². The van der Waals surface area contributed by atoms with Gasteiger partial charge in [0.15, 0.2) is 0 Å². The molecule has 2 aliphatic carbocycles. The van der Waals surface area contributed by atoms with Crippen molar-refractivity contribution in [2.75, 3.05) is 5.32 Å². The normalized spacial score (nSPS) is 25.0. The van der Waals surface area contributed by atoms with E-state index in [2.05, 4.69) is 22.5 Å². The number of rotatable bonds is 3. The van der Waals surface area contributed by atoms with Crippen molar-refractivity contribution in [3.05, 3.63) is 47.9 Å². The van der Waals surface area contributed by atoms with Gasteiger partial charge in [-0.1, -0.05) is 12.2 Å². The zero-order valence-corrected chi connectivity index (χ0v) is 13.4. The van der Waals surface area contributed by atoms with Gasteiger partial charge in [0.25, 0.3) is 0 Å². The molecule has 1 fully saturated rings. The van der Waals surface area contributed by atoms with E-state index < -0.39 is 0 Å². The number of carbonyl (C=O) groups is 1. The van der Waals surface area contributed by atoms with E-state index in [1.54, 1.807) is 0 Å². The molecular formula is C19H20N2O2. The van der Waals surface area contributed by atoms with Gasteiger partial charge in [-0.2, -0.15) is 0 Å². The first kappa shape index (κ1) is 14.2. The molecule has 2 aromatic rings. The van der Waals surface area contributed by atoms with Gasteiger partial charge in [-0.25, -0.2) is 4.98 Å². The van der Waals surface area contributed by atoms with Crippen LogP contribution in [0.3, 0.4) is 0 Å². The Morgan fingerprint density at radius 2 is 1.96 bits per heavy atom. The van der Waals surface area contributed by atoms with E-state index in [4.69, 9.17) is 4.42 Å². The first-order valence-corrected chi connectivity index (χ1v) is 8.14. The number of fused-ring (bicyclic) bond motifs is 2. The number of oxazole rings is 1. The third kappa shape index (κ3) is 2.58. The average molecular weight is 308 g/mol. The van der Waals surface area contributed by atoms with Crippen molar-refractivity contribution in [3.8, 4) is 11.5 Å². The number of hydrogen-bond acceptors (Lipinski definition) is 3.